The zero-order chi connectivity index (χ0) is 35.3. The molecule has 0 radical (unpaired) electrons. The molecule has 50 heavy (non-hydrogen) atoms. The van der Waals surface area contributed by atoms with Gasteiger partial charge in [0.05, 0.1) is 28.7 Å². The number of piperazine rings is 1. The minimum Gasteiger partial charge on any atom is -0.386 e. The van der Waals surface area contributed by atoms with Gasteiger partial charge in [0.25, 0.3) is 0 Å². The Morgan fingerprint density at radius 3 is 2.36 bits per heavy atom. The molecular weight excluding hydrogens is 691 g/mol. The van der Waals surface area contributed by atoms with Crippen molar-refractivity contribution in [2.24, 2.45) is 5.92 Å². The largest absolute Gasteiger partial charge is 0.418 e. The van der Waals surface area contributed by atoms with Crippen LogP contribution in [0.3, 0.4) is 0 Å². The van der Waals surface area contributed by atoms with Gasteiger partial charge in [-0.1, -0.05) is 11.6 Å². The van der Waals surface area contributed by atoms with Crippen LogP contribution < -0.4 is 10.6 Å². The number of benzene rings is 1. The smallest absolute Gasteiger partial charge is 0.386 e. The number of likely N-dealkylation sites (N-methyl/N-ethyl adjacent to an activating group) is 1. The minimum absolute atomic E-state index is 0.0225. The van der Waals surface area contributed by atoms with Crippen molar-refractivity contribution in [3.05, 3.63) is 45.3 Å². The number of alkyl halides is 3. The number of piperidine rings is 2. The second kappa shape index (κ2) is 14.2. The van der Waals surface area contributed by atoms with Crippen LogP contribution in [-0.2, 0) is 28.7 Å². The molecule has 1 aromatic carbocycles. The highest BCUT2D eigenvalue weighted by Crippen LogP contribution is 2.40. The molecule has 4 amide bonds. The van der Waals surface area contributed by atoms with Crippen LogP contribution in [0.5, 0.6) is 0 Å². The Hall–Kier alpha value is -3.07. The van der Waals surface area contributed by atoms with E-state index in [1.807, 2.05) is 21.2 Å². The molecule has 2 bridgehead atoms. The Bertz CT molecular complexity index is 1610. The zero-order valence-electron chi connectivity index (χ0n) is 28.5. The lowest BCUT2D eigenvalue weighted by Gasteiger charge is -2.42. The summed E-state index contributed by atoms with van der Waals surface area (Å²) in [5, 5.41) is 8.26. The number of amides is 4. The highest BCUT2D eigenvalue weighted by atomic mass is 35.5. The van der Waals surface area contributed by atoms with E-state index in [0.29, 0.717) is 63.7 Å². The first-order chi connectivity index (χ1) is 23.9. The van der Waals surface area contributed by atoms with Crippen molar-refractivity contribution in [3.63, 3.8) is 0 Å². The summed E-state index contributed by atoms with van der Waals surface area (Å²) in [7, 11) is 3.56. The van der Waals surface area contributed by atoms with Crippen molar-refractivity contribution < 1.29 is 27.6 Å². The molecule has 0 saturated carbocycles. The summed E-state index contributed by atoms with van der Waals surface area (Å²) in [4.78, 5) is 51.2. The summed E-state index contributed by atoms with van der Waals surface area (Å²) >= 11 is 7.83. The third-order valence-electron chi connectivity index (χ3n) is 11.6. The van der Waals surface area contributed by atoms with E-state index in [1.165, 1.54) is 30.9 Å². The molecule has 2 aromatic rings. The second-order valence-electron chi connectivity index (χ2n) is 14.5. The summed E-state index contributed by atoms with van der Waals surface area (Å²) in [5.41, 5.74) is 0.230. The van der Waals surface area contributed by atoms with Crippen LogP contribution in [0.1, 0.15) is 55.2 Å². The fourth-order valence-electron chi connectivity index (χ4n) is 8.87. The summed E-state index contributed by atoms with van der Waals surface area (Å²) in [5.74, 6) is -1.24. The van der Waals surface area contributed by atoms with Crippen LogP contribution >= 0.6 is 22.9 Å². The Balaban J connectivity index is 1.03. The van der Waals surface area contributed by atoms with E-state index in [1.54, 1.807) is 4.90 Å². The number of thiophene rings is 1. The first-order valence-electron chi connectivity index (χ1n) is 17.6. The van der Waals surface area contributed by atoms with Crippen LogP contribution in [0.15, 0.2) is 23.6 Å². The molecule has 2 unspecified atom stereocenters. The average molecular weight is 736 g/mol. The van der Waals surface area contributed by atoms with E-state index >= 15 is 0 Å². The van der Waals surface area contributed by atoms with Crippen molar-refractivity contribution in [1.82, 2.24) is 24.5 Å². The van der Waals surface area contributed by atoms with Gasteiger partial charge in [-0.2, -0.15) is 13.2 Å². The van der Waals surface area contributed by atoms with Crippen molar-refractivity contribution in [1.29, 1.82) is 0 Å². The quantitative estimate of drug-likeness (QED) is 0.376. The maximum absolute atomic E-state index is 14.2. The van der Waals surface area contributed by atoms with Crippen LogP contribution in [0.25, 0.3) is 0 Å². The molecule has 0 aliphatic carbocycles. The SMILES string of the molecule is CNc1c(Cl)cc(C[C@@H](CC(=O)N2CCC(N3Cc4ccsc4NC3=O)CC2)C(=O)N2CCC(N3CC4CC3CN4C)CC2)cc1C(F)(F)F. The summed E-state index contributed by atoms with van der Waals surface area (Å²) in [6.07, 6.45) is -0.723. The number of nitrogens with one attached hydrogen (secondary N) is 2. The predicted octanol–water partition coefficient (Wildman–Crippen LogP) is 5.43. The molecule has 15 heteroatoms. The van der Waals surface area contributed by atoms with E-state index in [2.05, 4.69) is 27.5 Å². The van der Waals surface area contributed by atoms with Crippen molar-refractivity contribution in [3.8, 4) is 0 Å². The van der Waals surface area contributed by atoms with Gasteiger partial charge in [-0.3, -0.25) is 19.8 Å². The van der Waals surface area contributed by atoms with Gasteiger partial charge in [-0.05, 0) is 74.7 Å². The highest BCUT2D eigenvalue weighted by molar-refractivity contribution is 7.14. The maximum Gasteiger partial charge on any atom is 0.418 e. The first-order valence-corrected chi connectivity index (χ1v) is 18.9. The lowest BCUT2D eigenvalue weighted by Crippen LogP contribution is -2.54. The van der Waals surface area contributed by atoms with Gasteiger partial charge in [0.1, 0.15) is 5.00 Å². The van der Waals surface area contributed by atoms with Crippen LogP contribution in [0.2, 0.25) is 5.02 Å². The Morgan fingerprint density at radius 1 is 1.02 bits per heavy atom. The van der Waals surface area contributed by atoms with E-state index in [-0.39, 0.29) is 53.0 Å². The Kier molecular flexibility index (Phi) is 10.0. The number of likely N-dealkylation sites (tertiary alicyclic amines) is 4. The number of rotatable bonds is 8. The van der Waals surface area contributed by atoms with Gasteiger partial charge in [0.15, 0.2) is 0 Å². The van der Waals surface area contributed by atoms with E-state index in [0.717, 1.165) is 42.6 Å². The predicted molar refractivity (Wildman–Crippen MR) is 187 cm³/mol. The Labute approximate surface area is 299 Å². The average Bonchev–Trinajstić information content (AvgIpc) is 3.82. The summed E-state index contributed by atoms with van der Waals surface area (Å²) < 4.78 is 42.2. The lowest BCUT2D eigenvalue weighted by atomic mass is 9.91. The number of nitrogens with zero attached hydrogens (tertiary/aromatic N) is 5. The molecule has 0 spiro atoms. The van der Waals surface area contributed by atoms with Crippen LogP contribution in [-0.4, -0.2) is 120 Å². The standard InChI is InChI=1S/C35H45ClF3N7O3S/c1-40-31-28(35(37,38)39)14-21(15-29(31)36)13-23(33(48)44-10-5-24(6-11-44)45-20-26-17-27(45)19-42(26)2)16-30(47)43-8-3-25(4-9-43)46-18-22-7-12-50-32(22)41-34(46)49/h7,12,14-15,23-27,40H,3-6,8-11,13,16-20H2,1-2H3,(H,41,49)/t23-,26?,27?/m0/s1. The number of urea groups is 1. The molecule has 4 fully saturated rings. The molecule has 272 valence electrons. The van der Waals surface area contributed by atoms with E-state index in [9.17, 15) is 27.6 Å². The number of halogens is 4. The molecule has 5 aliphatic rings. The van der Waals surface area contributed by atoms with Crippen molar-refractivity contribution >= 4 is 51.5 Å². The normalized spacial score (nSPS) is 24.4. The van der Waals surface area contributed by atoms with Crippen molar-refractivity contribution in [2.75, 3.05) is 64.0 Å². The Morgan fingerprint density at radius 2 is 1.72 bits per heavy atom. The van der Waals surface area contributed by atoms with Crippen molar-refractivity contribution in [2.45, 2.75) is 81.8 Å². The first kappa shape index (κ1) is 35.3. The minimum atomic E-state index is -4.65. The van der Waals surface area contributed by atoms with Gasteiger partial charge >= 0.3 is 12.2 Å². The molecule has 5 aliphatic heterocycles. The topological polar surface area (TPSA) is 91.5 Å². The van der Waals surface area contributed by atoms with Crippen LogP contribution in [0, 0.1) is 5.92 Å². The van der Waals surface area contributed by atoms with Gasteiger partial charge in [-0.25, -0.2) is 4.79 Å². The molecule has 1 aromatic heterocycles. The highest BCUT2D eigenvalue weighted by Gasteiger charge is 2.45. The fraction of sp³-hybridized carbons (Fsp3) is 0.629. The molecule has 3 atom stereocenters. The van der Waals surface area contributed by atoms with E-state index < -0.39 is 17.7 Å². The number of anilines is 2. The van der Waals surface area contributed by atoms with Gasteiger partial charge in [0.2, 0.25) is 11.8 Å². The van der Waals surface area contributed by atoms with Gasteiger partial charge in [-0.15, -0.1) is 11.3 Å². The lowest BCUT2D eigenvalue weighted by molar-refractivity contribution is -0.143. The monoisotopic (exact) mass is 735 g/mol. The molecule has 7 rings (SSSR count). The zero-order valence-corrected chi connectivity index (χ0v) is 30.0. The van der Waals surface area contributed by atoms with Gasteiger partial charge in [0, 0.05) is 82.5 Å². The molecule has 10 nitrogen and oxygen atoms in total. The van der Waals surface area contributed by atoms with E-state index in [4.69, 9.17) is 11.6 Å². The maximum atomic E-state index is 14.2. The number of fused-ring (bicyclic) bond motifs is 3. The third-order valence-corrected chi connectivity index (χ3v) is 12.8. The summed E-state index contributed by atoms with van der Waals surface area (Å²) in [6, 6.07) is 5.91. The number of hydrogen-bond donors (Lipinski definition) is 2. The van der Waals surface area contributed by atoms with Crippen LogP contribution in [0.4, 0.5) is 28.7 Å². The third kappa shape index (κ3) is 7.05. The number of carbonyl (C=O) groups excluding carboxylic acids is 3. The second-order valence-corrected chi connectivity index (χ2v) is 15.9. The molecule has 4 saturated heterocycles. The number of carbonyl (C=O) groups is 3. The summed E-state index contributed by atoms with van der Waals surface area (Å²) in [6.45, 7) is 4.63. The molecular formula is C35H45ClF3N7O3S. The number of hydrogen-bond acceptors (Lipinski definition) is 7. The molecule has 2 N–H and O–H groups in total. The molecule has 6 heterocycles. The van der Waals surface area contributed by atoms with Gasteiger partial charge < -0.3 is 24.9 Å². The fourth-order valence-corrected chi connectivity index (χ4v) is 10.0.